The van der Waals surface area contributed by atoms with Crippen molar-refractivity contribution in [2.24, 2.45) is 0 Å². The van der Waals surface area contributed by atoms with Crippen molar-refractivity contribution in [3.63, 3.8) is 0 Å². The summed E-state index contributed by atoms with van der Waals surface area (Å²) in [6.45, 7) is 1.35. The first-order chi connectivity index (χ1) is 11.4. The van der Waals surface area contributed by atoms with Crippen LogP contribution in [0.5, 0.6) is 0 Å². The highest BCUT2D eigenvalue weighted by molar-refractivity contribution is 5.98. The van der Waals surface area contributed by atoms with Gasteiger partial charge in [-0.05, 0) is 24.6 Å². The third-order valence-electron chi connectivity index (χ3n) is 3.10. The number of benzene rings is 1. The average molecular weight is 336 g/mol. The van der Waals surface area contributed by atoms with E-state index in [9.17, 15) is 19.2 Å². The maximum absolute atomic E-state index is 12.3. The lowest BCUT2D eigenvalue weighted by molar-refractivity contribution is -0.144. The molecule has 0 spiro atoms. The van der Waals surface area contributed by atoms with Gasteiger partial charge in [-0.1, -0.05) is 6.07 Å². The topological polar surface area (TPSA) is 111 Å². The van der Waals surface area contributed by atoms with Crippen molar-refractivity contribution < 1.29 is 28.7 Å². The lowest BCUT2D eigenvalue weighted by Gasteiger charge is -2.16. The third-order valence-corrected chi connectivity index (χ3v) is 3.10. The van der Waals surface area contributed by atoms with Crippen molar-refractivity contribution in [1.82, 2.24) is 5.32 Å². The number of carbonyl (C=O) groups excluding carboxylic acids is 4. The number of hydrogen-bond donors (Lipinski definition) is 2. The molecule has 24 heavy (non-hydrogen) atoms. The molecule has 1 rings (SSSR count). The summed E-state index contributed by atoms with van der Waals surface area (Å²) in [5, 5.41) is 5.07. The van der Waals surface area contributed by atoms with Gasteiger partial charge in [-0.25, -0.2) is 4.79 Å². The van der Waals surface area contributed by atoms with E-state index in [1.807, 2.05) is 0 Å². The number of ether oxygens (including phenoxy) is 2. The summed E-state index contributed by atoms with van der Waals surface area (Å²) < 4.78 is 9.14. The van der Waals surface area contributed by atoms with Gasteiger partial charge in [0.2, 0.25) is 5.91 Å². The summed E-state index contributed by atoms with van der Waals surface area (Å²) in [6.07, 6.45) is 0.0128. The first kappa shape index (κ1) is 19.1. The Hall–Kier alpha value is -2.90. The molecule has 2 amide bonds. The highest BCUT2D eigenvalue weighted by Gasteiger charge is 2.23. The van der Waals surface area contributed by atoms with Crippen LogP contribution in [0.15, 0.2) is 24.3 Å². The first-order valence-corrected chi connectivity index (χ1v) is 7.20. The molecule has 8 heteroatoms. The number of rotatable bonds is 7. The first-order valence-electron chi connectivity index (χ1n) is 7.20. The Morgan fingerprint density at radius 2 is 1.83 bits per heavy atom. The van der Waals surface area contributed by atoms with Gasteiger partial charge in [-0.2, -0.15) is 0 Å². The highest BCUT2D eigenvalue weighted by atomic mass is 16.5. The number of hydrogen-bond acceptors (Lipinski definition) is 6. The lowest BCUT2D eigenvalue weighted by atomic mass is 10.1. The van der Waals surface area contributed by atoms with Crippen LogP contribution >= 0.6 is 0 Å². The normalized spacial score (nSPS) is 11.1. The Bertz CT molecular complexity index is 629. The molecule has 0 heterocycles. The molecule has 0 aromatic heterocycles. The van der Waals surface area contributed by atoms with Crippen molar-refractivity contribution >= 4 is 29.4 Å². The maximum atomic E-state index is 12.3. The van der Waals surface area contributed by atoms with E-state index in [1.165, 1.54) is 33.3 Å². The Kier molecular flexibility index (Phi) is 7.41. The number of esters is 2. The standard InChI is InChI=1S/C16H20N2O6/c1-10(19)17-12-6-4-5-11(9-12)15(21)18-13(16(22)24-3)7-8-14(20)23-2/h4-6,9,13H,7-8H2,1-3H3,(H,17,19)(H,18,21)/t13-/m0/s1. The largest absolute Gasteiger partial charge is 0.469 e. The summed E-state index contributed by atoms with van der Waals surface area (Å²) in [6, 6.07) is 5.27. The van der Waals surface area contributed by atoms with E-state index in [1.54, 1.807) is 12.1 Å². The van der Waals surface area contributed by atoms with Crippen LogP contribution in [0.4, 0.5) is 5.69 Å². The molecule has 2 N–H and O–H groups in total. The molecule has 0 aliphatic carbocycles. The molecule has 0 unspecified atom stereocenters. The Morgan fingerprint density at radius 3 is 2.42 bits per heavy atom. The van der Waals surface area contributed by atoms with Crippen LogP contribution in [0, 0.1) is 0 Å². The van der Waals surface area contributed by atoms with Crippen LogP contribution in [-0.2, 0) is 23.9 Å². The molecule has 0 saturated heterocycles. The molecule has 0 fully saturated rings. The summed E-state index contributed by atoms with van der Waals surface area (Å²) >= 11 is 0. The molecule has 0 aliphatic heterocycles. The van der Waals surface area contributed by atoms with E-state index in [-0.39, 0.29) is 24.3 Å². The fourth-order valence-electron chi connectivity index (χ4n) is 1.94. The fraction of sp³-hybridized carbons (Fsp3) is 0.375. The molecular formula is C16H20N2O6. The predicted octanol–water partition coefficient (Wildman–Crippen LogP) is 0.870. The van der Waals surface area contributed by atoms with E-state index in [4.69, 9.17) is 0 Å². The van der Waals surface area contributed by atoms with E-state index in [0.29, 0.717) is 5.69 Å². The van der Waals surface area contributed by atoms with Crippen LogP contribution in [0.25, 0.3) is 0 Å². The van der Waals surface area contributed by atoms with Gasteiger partial charge in [0.1, 0.15) is 6.04 Å². The van der Waals surface area contributed by atoms with Crippen molar-refractivity contribution in [2.45, 2.75) is 25.8 Å². The number of methoxy groups -OCH3 is 2. The number of carbonyl (C=O) groups is 4. The third kappa shape index (κ3) is 6.07. The van der Waals surface area contributed by atoms with Gasteiger partial charge in [0.05, 0.1) is 14.2 Å². The van der Waals surface area contributed by atoms with Crippen molar-refractivity contribution in [2.75, 3.05) is 19.5 Å². The van der Waals surface area contributed by atoms with Gasteiger partial charge in [0, 0.05) is 24.6 Å². The summed E-state index contributed by atoms with van der Waals surface area (Å²) in [7, 11) is 2.43. The second-order valence-corrected chi connectivity index (χ2v) is 4.93. The zero-order valence-corrected chi connectivity index (χ0v) is 13.8. The van der Waals surface area contributed by atoms with Crippen LogP contribution in [-0.4, -0.2) is 44.0 Å². The maximum Gasteiger partial charge on any atom is 0.328 e. The van der Waals surface area contributed by atoms with E-state index < -0.39 is 23.9 Å². The van der Waals surface area contributed by atoms with Gasteiger partial charge < -0.3 is 20.1 Å². The van der Waals surface area contributed by atoms with E-state index in [0.717, 1.165) is 0 Å². The van der Waals surface area contributed by atoms with E-state index >= 15 is 0 Å². The van der Waals surface area contributed by atoms with Gasteiger partial charge in [0.15, 0.2) is 0 Å². The predicted molar refractivity (Wildman–Crippen MR) is 85.3 cm³/mol. The zero-order chi connectivity index (χ0) is 18.1. The highest BCUT2D eigenvalue weighted by Crippen LogP contribution is 2.11. The van der Waals surface area contributed by atoms with Gasteiger partial charge >= 0.3 is 11.9 Å². The molecular weight excluding hydrogens is 316 g/mol. The molecule has 0 radical (unpaired) electrons. The zero-order valence-electron chi connectivity index (χ0n) is 13.8. The molecule has 0 bridgehead atoms. The summed E-state index contributed by atoms with van der Waals surface area (Å²) in [5.41, 5.74) is 0.715. The molecule has 130 valence electrons. The Balaban J connectivity index is 2.81. The fourth-order valence-corrected chi connectivity index (χ4v) is 1.94. The SMILES string of the molecule is COC(=O)CC[C@H](NC(=O)c1cccc(NC(C)=O)c1)C(=O)OC. The molecule has 1 aromatic rings. The van der Waals surface area contributed by atoms with Crippen molar-refractivity contribution in [1.29, 1.82) is 0 Å². The summed E-state index contributed by atoms with van der Waals surface area (Å²) in [5.74, 6) is -1.95. The summed E-state index contributed by atoms with van der Waals surface area (Å²) in [4.78, 5) is 46.3. The Morgan fingerprint density at radius 1 is 1.12 bits per heavy atom. The minimum absolute atomic E-state index is 0.0392. The van der Waals surface area contributed by atoms with Crippen LogP contribution in [0.3, 0.4) is 0 Å². The number of nitrogens with one attached hydrogen (secondary N) is 2. The van der Waals surface area contributed by atoms with Crippen LogP contribution in [0.2, 0.25) is 0 Å². The average Bonchev–Trinajstić information content (AvgIpc) is 2.56. The second-order valence-electron chi connectivity index (χ2n) is 4.93. The number of anilines is 1. The van der Waals surface area contributed by atoms with Gasteiger partial charge in [-0.15, -0.1) is 0 Å². The lowest BCUT2D eigenvalue weighted by Crippen LogP contribution is -2.41. The second kappa shape index (κ2) is 9.29. The molecule has 8 nitrogen and oxygen atoms in total. The molecule has 0 saturated carbocycles. The monoisotopic (exact) mass is 336 g/mol. The minimum atomic E-state index is -0.981. The Labute approximate surface area is 139 Å². The minimum Gasteiger partial charge on any atom is -0.469 e. The molecule has 1 aromatic carbocycles. The van der Waals surface area contributed by atoms with Crippen molar-refractivity contribution in [3.8, 4) is 0 Å². The molecule has 1 atom stereocenters. The van der Waals surface area contributed by atoms with Gasteiger partial charge in [-0.3, -0.25) is 14.4 Å². The number of amides is 2. The van der Waals surface area contributed by atoms with Crippen LogP contribution < -0.4 is 10.6 Å². The van der Waals surface area contributed by atoms with Crippen LogP contribution in [0.1, 0.15) is 30.1 Å². The van der Waals surface area contributed by atoms with E-state index in [2.05, 4.69) is 20.1 Å². The van der Waals surface area contributed by atoms with Crippen molar-refractivity contribution in [3.05, 3.63) is 29.8 Å². The smallest absolute Gasteiger partial charge is 0.328 e. The quantitative estimate of drug-likeness (QED) is 0.715. The van der Waals surface area contributed by atoms with Gasteiger partial charge in [0.25, 0.3) is 5.91 Å². The molecule has 0 aliphatic rings.